The summed E-state index contributed by atoms with van der Waals surface area (Å²) in [5.41, 5.74) is 1.23. The fourth-order valence-electron chi connectivity index (χ4n) is 2.96. The van der Waals surface area contributed by atoms with Gasteiger partial charge in [0.15, 0.2) is 6.61 Å². The highest BCUT2D eigenvalue weighted by Crippen LogP contribution is 2.31. The van der Waals surface area contributed by atoms with Gasteiger partial charge in [0.05, 0.1) is 23.7 Å². The van der Waals surface area contributed by atoms with Crippen LogP contribution in [0.4, 0.5) is 11.4 Å². The zero-order valence-corrected chi connectivity index (χ0v) is 15.5. The van der Waals surface area contributed by atoms with Gasteiger partial charge in [-0.3, -0.25) is 14.9 Å². The van der Waals surface area contributed by atoms with Crippen LogP contribution < -0.4 is 10.1 Å². The number of amides is 1. The molecule has 0 saturated carbocycles. The van der Waals surface area contributed by atoms with Crippen molar-refractivity contribution in [3.63, 3.8) is 0 Å². The van der Waals surface area contributed by atoms with Gasteiger partial charge in [-0.2, -0.15) is 0 Å². The maximum absolute atomic E-state index is 12.3. The highest BCUT2D eigenvalue weighted by atomic mass is 32.1. The summed E-state index contributed by atoms with van der Waals surface area (Å²) >= 11 is 1.54. The largest absolute Gasteiger partial charge is 0.496 e. The monoisotopic (exact) mass is 390 g/mol. The highest BCUT2D eigenvalue weighted by molar-refractivity contribution is 7.10. The molecule has 1 aliphatic carbocycles. The molecule has 0 saturated heterocycles. The molecule has 1 aromatic heterocycles. The Morgan fingerprint density at radius 1 is 1.30 bits per heavy atom. The van der Waals surface area contributed by atoms with E-state index >= 15 is 0 Å². The van der Waals surface area contributed by atoms with Crippen molar-refractivity contribution in [3.8, 4) is 5.75 Å². The summed E-state index contributed by atoms with van der Waals surface area (Å²) in [6, 6.07) is 4.07. The maximum Gasteiger partial charge on any atom is 0.339 e. The Morgan fingerprint density at radius 3 is 2.81 bits per heavy atom. The number of nitro benzene ring substituents is 1. The van der Waals surface area contributed by atoms with Crippen molar-refractivity contribution in [1.29, 1.82) is 0 Å². The number of carbonyl (C=O) groups is 2. The lowest BCUT2D eigenvalue weighted by atomic mass is 9.96. The quantitative estimate of drug-likeness (QED) is 0.460. The molecule has 0 atom stereocenters. The van der Waals surface area contributed by atoms with E-state index in [0.717, 1.165) is 31.2 Å². The van der Waals surface area contributed by atoms with Gasteiger partial charge < -0.3 is 14.8 Å². The van der Waals surface area contributed by atoms with Crippen LogP contribution in [0.1, 0.15) is 33.6 Å². The zero-order valence-electron chi connectivity index (χ0n) is 14.6. The first-order valence-electron chi connectivity index (χ1n) is 8.38. The Hall–Kier alpha value is -2.94. The van der Waals surface area contributed by atoms with Gasteiger partial charge in [0.2, 0.25) is 0 Å². The lowest BCUT2D eigenvalue weighted by molar-refractivity contribution is -0.384. The van der Waals surface area contributed by atoms with E-state index < -0.39 is 23.4 Å². The number of nitro groups is 1. The van der Waals surface area contributed by atoms with Crippen LogP contribution in [0.2, 0.25) is 0 Å². The van der Waals surface area contributed by atoms with E-state index in [1.165, 1.54) is 41.5 Å². The maximum atomic E-state index is 12.3. The van der Waals surface area contributed by atoms with Crippen LogP contribution in [0, 0.1) is 10.1 Å². The summed E-state index contributed by atoms with van der Waals surface area (Å²) < 4.78 is 10.0. The van der Waals surface area contributed by atoms with Gasteiger partial charge in [0.25, 0.3) is 11.6 Å². The van der Waals surface area contributed by atoms with Crippen LogP contribution >= 0.6 is 11.3 Å². The first kappa shape index (κ1) is 18.8. The van der Waals surface area contributed by atoms with Crippen molar-refractivity contribution >= 4 is 34.6 Å². The Morgan fingerprint density at radius 2 is 2.07 bits per heavy atom. The van der Waals surface area contributed by atoms with Gasteiger partial charge in [-0.15, -0.1) is 11.3 Å². The van der Waals surface area contributed by atoms with E-state index in [1.807, 2.05) is 0 Å². The van der Waals surface area contributed by atoms with Crippen molar-refractivity contribution in [2.45, 2.75) is 25.7 Å². The topological polar surface area (TPSA) is 108 Å². The van der Waals surface area contributed by atoms with E-state index in [-0.39, 0.29) is 11.4 Å². The number of fused-ring (bicyclic) bond motifs is 1. The molecule has 0 unspecified atom stereocenters. The van der Waals surface area contributed by atoms with E-state index in [4.69, 9.17) is 9.47 Å². The number of nitrogens with one attached hydrogen (secondary N) is 1. The molecule has 2 aromatic rings. The molecule has 1 N–H and O–H groups in total. The second kappa shape index (κ2) is 8.17. The average Bonchev–Trinajstić information content (AvgIpc) is 3.10. The number of aryl methyl sites for hydroxylation is 1. The van der Waals surface area contributed by atoms with E-state index in [0.29, 0.717) is 11.3 Å². The normalized spacial score (nSPS) is 12.8. The van der Waals surface area contributed by atoms with Crippen molar-refractivity contribution in [1.82, 2.24) is 0 Å². The smallest absolute Gasteiger partial charge is 0.339 e. The van der Waals surface area contributed by atoms with Gasteiger partial charge in [0.1, 0.15) is 11.4 Å². The van der Waals surface area contributed by atoms with Gasteiger partial charge in [-0.05, 0) is 43.4 Å². The number of hydrogen-bond acceptors (Lipinski definition) is 7. The number of hydrogen-bond donors (Lipinski definition) is 1. The summed E-state index contributed by atoms with van der Waals surface area (Å²) in [5, 5.41) is 15.3. The molecule has 9 heteroatoms. The van der Waals surface area contributed by atoms with Crippen molar-refractivity contribution < 1.29 is 24.0 Å². The summed E-state index contributed by atoms with van der Waals surface area (Å²) in [6.07, 6.45) is 3.96. The van der Waals surface area contributed by atoms with Crippen LogP contribution in [-0.4, -0.2) is 30.5 Å². The number of ether oxygens (including phenoxy) is 2. The Bertz CT molecular complexity index is 892. The second-order valence-electron chi connectivity index (χ2n) is 6.02. The molecule has 27 heavy (non-hydrogen) atoms. The number of esters is 1. The molecule has 1 aromatic carbocycles. The van der Waals surface area contributed by atoms with E-state index in [9.17, 15) is 19.7 Å². The first-order valence-corrected chi connectivity index (χ1v) is 9.26. The molecule has 1 heterocycles. The fourth-order valence-corrected chi connectivity index (χ4v) is 4.07. The summed E-state index contributed by atoms with van der Waals surface area (Å²) in [4.78, 5) is 36.1. The molecular weight excluding hydrogens is 372 g/mol. The van der Waals surface area contributed by atoms with Gasteiger partial charge in [0, 0.05) is 10.3 Å². The molecule has 0 fully saturated rings. The minimum Gasteiger partial charge on any atom is -0.496 e. The third kappa shape index (κ3) is 4.25. The molecule has 0 aliphatic heterocycles. The molecular formula is C18H18N2O6S. The molecule has 0 radical (unpaired) electrons. The molecule has 0 spiro atoms. The standard InChI is InChI=1S/C18H18N2O6S/c1-25-11-6-7-14(15(8-11)20(23)24)19-17(21)9-26-18(22)13-10-27-16-5-3-2-4-12(13)16/h6-8,10H,2-5,9H2,1H3,(H,19,21). The molecule has 1 amide bonds. The van der Waals surface area contributed by atoms with Gasteiger partial charge in [-0.1, -0.05) is 0 Å². The third-order valence-corrected chi connectivity index (χ3v) is 5.38. The molecule has 3 rings (SSSR count). The zero-order chi connectivity index (χ0) is 19.4. The summed E-state index contributed by atoms with van der Waals surface area (Å²) in [7, 11) is 1.39. The van der Waals surface area contributed by atoms with E-state index in [2.05, 4.69) is 5.32 Å². The number of benzene rings is 1. The van der Waals surface area contributed by atoms with Gasteiger partial charge in [-0.25, -0.2) is 4.79 Å². The average molecular weight is 390 g/mol. The first-order chi connectivity index (χ1) is 13.0. The molecule has 0 bridgehead atoms. The van der Waals surface area contributed by atoms with Crippen LogP contribution in [0.15, 0.2) is 23.6 Å². The third-order valence-electron chi connectivity index (χ3n) is 4.29. The van der Waals surface area contributed by atoms with Crippen molar-refractivity contribution in [2.75, 3.05) is 19.0 Å². The fraction of sp³-hybridized carbons (Fsp3) is 0.333. The predicted molar refractivity (Wildman–Crippen MR) is 99.5 cm³/mol. The number of carbonyl (C=O) groups excluding carboxylic acids is 2. The number of methoxy groups -OCH3 is 1. The number of anilines is 1. The predicted octanol–water partition coefficient (Wildman–Crippen LogP) is 3.34. The minimum absolute atomic E-state index is 0.00904. The minimum atomic E-state index is -0.652. The Balaban J connectivity index is 1.62. The molecule has 142 valence electrons. The number of rotatable bonds is 6. The molecule has 8 nitrogen and oxygen atoms in total. The summed E-state index contributed by atoms with van der Waals surface area (Å²) in [6.45, 7) is -0.521. The van der Waals surface area contributed by atoms with Gasteiger partial charge >= 0.3 is 5.97 Å². The summed E-state index contributed by atoms with van der Waals surface area (Å²) in [5.74, 6) is -0.900. The SMILES string of the molecule is COc1ccc(NC(=O)COC(=O)c2csc3c2CCCC3)c([N+](=O)[O-])c1. The van der Waals surface area contributed by atoms with E-state index in [1.54, 1.807) is 5.38 Å². The number of nitrogens with zero attached hydrogens (tertiary/aromatic N) is 1. The Kier molecular flexibility index (Phi) is 5.70. The van der Waals surface area contributed by atoms with Crippen molar-refractivity contribution in [3.05, 3.63) is 49.7 Å². The molecule has 1 aliphatic rings. The van der Waals surface area contributed by atoms with Crippen LogP contribution in [0.25, 0.3) is 0 Å². The second-order valence-corrected chi connectivity index (χ2v) is 6.99. The lowest BCUT2D eigenvalue weighted by Crippen LogP contribution is -2.21. The lowest BCUT2D eigenvalue weighted by Gasteiger charge is -2.12. The van der Waals surface area contributed by atoms with Crippen molar-refractivity contribution in [2.24, 2.45) is 0 Å². The Labute approximate surface area is 159 Å². The van der Waals surface area contributed by atoms with Crippen LogP contribution in [0.3, 0.4) is 0 Å². The highest BCUT2D eigenvalue weighted by Gasteiger charge is 2.22. The van der Waals surface area contributed by atoms with Crippen LogP contribution in [0.5, 0.6) is 5.75 Å². The number of thiophene rings is 1. The van der Waals surface area contributed by atoms with Crippen LogP contribution in [-0.2, 0) is 22.4 Å².